The maximum atomic E-state index is 5.21. The van der Waals surface area contributed by atoms with Gasteiger partial charge in [-0.3, -0.25) is 4.99 Å². The van der Waals surface area contributed by atoms with Crippen molar-refractivity contribution < 1.29 is 4.52 Å². The van der Waals surface area contributed by atoms with Crippen molar-refractivity contribution in [3.63, 3.8) is 0 Å². The van der Waals surface area contributed by atoms with Crippen molar-refractivity contribution in [3.05, 3.63) is 47.3 Å². The highest BCUT2D eigenvalue weighted by atomic mass is 127. The Kier molecular flexibility index (Phi) is 10.7. The number of aryl methyl sites for hydroxylation is 2. The van der Waals surface area contributed by atoms with Crippen LogP contribution in [0.15, 0.2) is 44.7 Å². The van der Waals surface area contributed by atoms with Gasteiger partial charge in [0, 0.05) is 28.8 Å². The van der Waals surface area contributed by atoms with Crippen molar-refractivity contribution >= 4 is 41.7 Å². The smallest absolute Gasteiger partial charge is 0.191 e. The van der Waals surface area contributed by atoms with Gasteiger partial charge in [0.15, 0.2) is 5.96 Å². The number of aliphatic imine (C=N–C) groups is 1. The fourth-order valence-corrected chi connectivity index (χ4v) is 3.42. The lowest BCUT2D eigenvalue weighted by Crippen LogP contribution is -2.38. The molecular formula is C19H29IN4OS. The summed E-state index contributed by atoms with van der Waals surface area (Å²) in [7, 11) is 0. The van der Waals surface area contributed by atoms with Gasteiger partial charge < -0.3 is 15.2 Å². The number of guanidine groups is 1. The second-order valence-corrected chi connectivity index (χ2v) is 7.45. The Balaban J connectivity index is 0.00000338. The quantitative estimate of drug-likeness (QED) is 0.253. The summed E-state index contributed by atoms with van der Waals surface area (Å²) in [6, 6.07) is 10.5. The molecule has 1 heterocycles. The van der Waals surface area contributed by atoms with E-state index in [1.807, 2.05) is 31.7 Å². The molecule has 1 atom stereocenters. The van der Waals surface area contributed by atoms with Crippen LogP contribution in [0.4, 0.5) is 0 Å². The van der Waals surface area contributed by atoms with Gasteiger partial charge in [-0.05, 0) is 39.3 Å². The minimum absolute atomic E-state index is 0. The monoisotopic (exact) mass is 488 g/mol. The molecule has 0 aliphatic rings. The summed E-state index contributed by atoms with van der Waals surface area (Å²) in [5.74, 6) is 1.75. The summed E-state index contributed by atoms with van der Waals surface area (Å²) in [4.78, 5) is 5.99. The van der Waals surface area contributed by atoms with E-state index in [-0.39, 0.29) is 24.0 Å². The second-order valence-electron chi connectivity index (χ2n) is 5.94. The van der Waals surface area contributed by atoms with Crippen LogP contribution in [-0.2, 0) is 6.42 Å². The van der Waals surface area contributed by atoms with Gasteiger partial charge in [0.1, 0.15) is 5.76 Å². The molecule has 1 unspecified atom stereocenters. The fraction of sp³-hybridized carbons (Fsp3) is 0.474. The van der Waals surface area contributed by atoms with Crippen LogP contribution in [0.5, 0.6) is 0 Å². The standard InChI is InChI=1S/C19H28N4OS.HI/c1-5-20-19(21-12-11-18-15(3)23-24-16(18)4)22-13-14(2)25-17-9-7-6-8-10-17;/h6-10,14H,5,11-13H2,1-4H3,(H2,20,21,22);1H. The van der Waals surface area contributed by atoms with Crippen molar-refractivity contribution in [1.82, 2.24) is 15.8 Å². The highest BCUT2D eigenvalue weighted by molar-refractivity contribution is 14.0. The van der Waals surface area contributed by atoms with E-state index >= 15 is 0 Å². The molecule has 26 heavy (non-hydrogen) atoms. The Hall–Kier alpha value is -1.22. The number of thioether (sulfide) groups is 1. The molecule has 2 aromatic rings. The van der Waals surface area contributed by atoms with Gasteiger partial charge in [0.05, 0.1) is 12.2 Å². The summed E-state index contributed by atoms with van der Waals surface area (Å²) in [6.07, 6.45) is 0.875. The molecule has 0 aliphatic heterocycles. The zero-order chi connectivity index (χ0) is 18.1. The van der Waals surface area contributed by atoms with Crippen LogP contribution in [0, 0.1) is 13.8 Å². The molecule has 0 amide bonds. The van der Waals surface area contributed by atoms with Crippen LogP contribution in [0.2, 0.25) is 0 Å². The summed E-state index contributed by atoms with van der Waals surface area (Å²) in [5.41, 5.74) is 2.14. The highest BCUT2D eigenvalue weighted by Gasteiger charge is 2.09. The normalized spacial score (nSPS) is 12.4. The van der Waals surface area contributed by atoms with E-state index in [1.165, 1.54) is 10.5 Å². The topological polar surface area (TPSA) is 62.5 Å². The fourth-order valence-electron chi connectivity index (χ4n) is 2.49. The van der Waals surface area contributed by atoms with E-state index in [4.69, 9.17) is 9.52 Å². The van der Waals surface area contributed by atoms with Gasteiger partial charge in [-0.25, -0.2) is 0 Å². The highest BCUT2D eigenvalue weighted by Crippen LogP contribution is 2.22. The van der Waals surface area contributed by atoms with Crippen molar-refractivity contribution in [2.75, 3.05) is 19.6 Å². The largest absolute Gasteiger partial charge is 0.361 e. The van der Waals surface area contributed by atoms with E-state index in [2.05, 4.69) is 53.9 Å². The third-order valence-corrected chi connectivity index (χ3v) is 4.88. The van der Waals surface area contributed by atoms with E-state index in [1.54, 1.807) is 0 Å². The van der Waals surface area contributed by atoms with Crippen LogP contribution in [0.25, 0.3) is 0 Å². The van der Waals surface area contributed by atoms with Crippen LogP contribution in [0.3, 0.4) is 0 Å². The van der Waals surface area contributed by atoms with E-state index in [0.717, 1.165) is 43.5 Å². The molecule has 0 fully saturated rings. The van der Waals surface area contributed by atoms with Crippen LogP contribution in [-0.4, -0.2) is 36.0 Å². The van der Waals surface area contributed by atoms with E-state index < -0.39 is 0 Å². The first-order valence-corrected chi connectivity index (χ1v) is 9.63. The molecule has 0 saturated heterocycles. The maximum Gasteiger partial charge on any atom is 0.191 e. The number of aromatic nitrogens is 1. The molecule has 0 radical (unpaired) electrons. The minimum atomic E-state index is 0. The van der Waals surface area contributed by atoms with Crippen molar-refractivity contribution in [2.24, 2.45) is 4.99 Å². The molecule has 5 nitrogen and oxygen atoms in total. The summed E-state index contributed by atoms with van der Waals surface area (Å²) in [6.45, 7) is 10.6. The Morgan fingerprint density at radius 2 is 1.96 bits per heavy atom. The number of hydrogen-bond acceptors (Lipinski definition) is 4. The summed E-state index contributed by atoms with van der Waals surface area (Å²) < 4.78 is 5.21. The maximum absolute atomic E-state index is 5.21. The van der Waals surface area contributed by atoms with Crippen molar-refractivity contribution in [3.8, 4) is 0 Å². The summed E-state index contributed by atoms with van der Waals surface area (Å²) >= 11 is 1.85. The third kappa shape index (κ3) is 7.57. The number of nitrogens with one attached hydrogen (secondary N) is 2. The number of rotatable bonds is 8. The average molecular weight is 488 g/mol. The van der Waals surface area contributed by atoms with E-state index in [0.29, 0.717) is 5.25 Å². The molecule has 0 saturated carbocycles. The molecule has 144 valence electrons. The predicted molar refractivity (Wildman–Crippen MR) is 121 cm³/mol. The van der Waals surface area contributed by atoms with Gasteiger partial charge in [-0.15, -0.1) is 35.7 Å². The summed E-state index contributed by atoms with van der Waals surface area (Å²) in [5, 5.41) is 11.1. The zero-order valence-electron chi connectivity index (χ0n) is 15.9. The molecule has 0 spiro atoms. The molecule has 2 rings (SSSR count). The number of nitrogens with zero attached hydrogens (tertiary/aromatic N) is 2. The second kappa shape index (κ2) is 12.2. The van der Waals surface area contributed by atoms with Gasteiger partial charge in [0.25, 0.3) is 0 Å². The molecule has 0 aliphatic carbocycles. The van der Waals surface area contributed by atoms with Crippen LogP contribution < -0.4 is 10.6 Å². The average Bonchev–Trinajstić information content (AvgIpc) is 2.92. The molecule has 1 aromatic heterocycles. The Morgan fingerprint density at radius 3 is 2.58 bits per heavy atom. The Morgan fingerprint density at radius 1 is 1.23 bits per heavy atom. The van der Waals surface area contributed by atoms with Gasteiger partial charge in [0.2, 0.25) is 0 Å². The third-order valence-electron chi connectivity index (χ3n) is 3.78. The van der Waals surface area contributed by atoms with Gasteiger partial charge in [-0.2, -0.15) is 0 Å². The lowest BCUT2D eigenvalue weighted by atomic mass is 10.1. The number of benzene rings is 1. The number of halogens is 1. The van der Waals surface area contributed by atoms with Gasteiger partial charge >= 0.3 is 0 Å². The zero-order valence-corrected chi connectivity index (χ0v) is 19.1. The van der Waals surface area contributed by atoms with E-state index in [9.17, 15) is 0 Å². The molecular weight excluding hydrogens is 459 g/mol. The minimum Gasteiger partial charge on any atom is -0.361 e. The Labute approximate surface area is 177 Å². The van der Waals surface area contributed by atoms with Crippen molar-refractivity contribution in [1.29, 1.82) is 0 Å². The first-order chi connectivity index (χ1) is 12.1. The SMILES string of the molecule is CCNC(=NCC(C)Sc1ccccc1)NCCc1c(C)noc1C.I. The molecule has 7 heteroatoms. The van der Waals surface area contributed by atoms with Crippen LogP contribution >= 0.6 is 35.7 Å². The van der Waals surface area contributed by atoms with Crippen LogP contribution in [0.1, 0.15) is 30.9 Å². The molecule has 2 N–H and O–H groups in total. The lowest BCUT2D eigenvalue weighted by molar-refractivity contribution is 0.392. The lowest BCUT2D eigenvalue weighted by Gasteiger charge is -2.13. The number of hydrogen-bond donors (Lipinski definition) is 2. The Bertz CT molecular complexity index is 656. The first-order valence-electron chi connectivity index (χ1n) is 8.75. The predicted octanol–water partition coefficient (Wildman–Crippen LogP) is 4.19. The molecule has 0 bridgehead atoms. The molecule has 1 aromatic carbocycles. The van der Waals surface area contributed by atoms with Crippen molar-refractivity contribution in [2.45, 2.75) is 44.3 Å². The first kappa shape index (κ1) is 22.8. The van der Waals surface area contributed by atoms with Gasteiger partial charge in [-0.1, -0.05) is 30.3 Å².